The largest absolute Gasteiger partial charge is 0.346 e. The van der Waals surface area contributed by atoms with Crippen LogP contribution >= 0.6 is 12.4 Å². The molecule has 1 unspecified atom stereocenters. The van der Waals surface area contributed by atoms with Crippen molar-refractivity contribution < 1.29 is 4.79 Å². The number of nitrogens with one attached hydrogen (secondary N) is 1. The van der Waals surface area contributed by atoms with Crippen LogP contribution in [-0.2, 0) is 0 Å². The number of rotatable bonds is 4. The number of nitrogens with zero attached hydrogens (tertiary/aromatic N) is 2. The van der Waals surface area contributed by atoms with Gasteiger partial charge < -0.3 is 14.8 Å². The molecule has 1 aliphatic rings. The van der Waals surface area contributed by atoms with Crippen LogP contribution in [-0.4, -0.2) is 41.6 Å². The van der Waals surface area contributed by atoms with Crippen molar-refractivity contribution in [1.29, 1.82) is 0 Å². The van der Waals surface area contributed by atoms with Crippen molar-refractivity contribution in [2.24, 2.45) is 0 Å². The van der Waals surface area contributed by atoms with E-state index in [9.17, 15) is 4.79 Å². The molecule has 2 rings (SSSR count). The van der Waals surface area contributed by atoms with Gasteiger partial charge in [-0.2, -0.15) is 0 Å². The quantitative estimate of drug-likeness (QED) is 0.928. The molecule has 1 aromatic rings. The summed E-state index contributed by atoms with van der Waals surface area (Å²) in [5.74, 6) is 0.197. The molecule has 4 nitrogen and oxygen atoms in total. The van der Waals surface area contributed by atoms with E-state index < -0.39 is 0 Å². The third kappa shape index (κ3) is 3.43. The predicted octanol–water partition coefficient (Wildman–Crippen LogP) is 2.93. The molecule has 1 aliphatic heterocycles. The number of carbonyl (C=O) groups is 1. The number of likely N-dealkylation sites (N-methyl/N-ethyl adjacent to an activating group) is 1. The van der Waals surface area contributed by atoms with Crippen LogP contribution in [0.25, 0.3) is 0 Å². The lowest BCUT2D eigenvalue weighted by Crippen LogP contribution is -2.41. The summed E-state index contributed by atoms with van der Waals surface area (Å²) in [6.07, 6.45) is 2.22. The van der Waals surface area contributed by atoms with Gasteiger partial charge in [-0.05, 0) is 53.7 Å². The van der Waals surface area contributed by atoms with E-state index in [1.807, 2.05) is 18.0 Å². The van der Waals surface area contributed by atoms with E-state index in [1.165, 1.54) is 5.69 Å². The third-order valence-corrected chi connectivity index (χ3v) is 4.31. The first-order valence-corrected chi connectivity index (χ1v) is 7.61. The number of amides is 1. The summed E-state index contributed by atoms with van der Waals surface area (Å²) in [6, 6.07) is 2.78. The zero-order valence-electron chi connectivity index (χ0n) is 13.8. The van der Waals surface area contributed by atoms with E-state index in [0.29, 0.717) is 12.1 Å². The van der Waals surface area contributed by atoms with Gasteiger partial charge in [0.1, 0.15) is 0 Å². The van der Waals surface area contributed by atoms with Crippen LogP contribution in [0, 0.1) is 13.8 Å². The molecular formula is C16H28ClN3O. The van der Waals surface area contributed by atoms with Crippen molar-refractivity contribution in [1.82, 2.24) is 14.8 Å². The second-order valence-corrected chi connectivity index (χ2v) is 6.10. The summed E-state index contributed by atoms with van der Waals surface area (Å²) in [7, 11) is 1.95. The van der Waals surface area contributed by atoms with Crippen molar-refractivity contribution in [2.45, 2.75) is 52.6 Å². The summed E-state index contributed by atoms with van der Waals surface area (Å²) in [5, 5.41) is 3.20. The van der Waals surface area contributed by atoms with Gasteiger partial charge in [0.05, 0.1) is 5.56 Å². The van der Waals surface area contributed by atoms with Gasteiger partial charge in [-0.15, -0.1) is 12.4 Å². The lowest BCUT2D eigenvalue weighted by Gasteiger charge is -2.24. The molecule has 21 heavy (non-hydrogen) atoms. The zero-order chi connectivity index (χ0) is 14.9. The topological polar surface area (TPSA) is 37.3 Å². The second kappa shape index (κ2) is 7.32. The SMILES string of the molecule is CNCC1CCCN1C(=O)c1cc(C)n(C(C)C)c1C.Cl. The monoisotopic (exact) mass is 313 g/mol. The Balaban J connectivity index is 0.00000220. The lowest BCUT2D eigenvalue weighted by atomic mass is 10.1. The standard InChI is InChI=1S/C16H27N3O.ClH/c1-11(2)19-12(3)9-15(13(19)4)16(20)18-8-6-7-14(18)10-17-5;/h9,11,14,17H,6-8,10H2,1-5H3;1H. The fourth-order valence-electron chi connectivity index (χ4n) is 3.49. The molecule has 1 N–H and O–H groups in total. The first-order chi connectivity index (χ1) is 9.47. The van der Waals surface area contributed by atoms with Crippen molar-refractivity contribution in [3.63, 3.8) is 0 Å². The maximum Gasteiger partial charge on any atom is 0.255 e. The number of likely N-dealkylation sites (tertiary alicyclic amines) is 1. The van der Waals surface area contributed by atoms with E-state index in [4.69, 9.17) is 0 Å². The van der Waals surface area contributed by atoms with E-state index >= 15 is 0 Å². The molecule has 0 spiro atoms. The molecule has 0 aliphatic carbocycles. The van der Waals surface area contributed by atoms with Crippen molar-refractivity contribution in [2.75, 3.05) is 20.1 Å². The maximum absolute atomic E-state index is 12.8. The first-order valence-electron chi connectivity index (χ1n) is 7.61. The van der Waals surface area contributed by atoms with E-state index in [-0.39, 0.29) is 18.3 Å². The fraction of sp³-hybridized carbons (Fsp3) is 0.688. The maximum atomic E-state index is 12.8. The summed E-state index contributed by atoms with van der Waals surface area (Å²) < 4.78 is 2.25. The molecule has 0 saturated carbocycles. The molecule has 1 atom stereocenters. The Hall–Kier alpha value is -1.00. The van der Waals surface area contributed by atoms with Crippen LogP contribution in [0.2, 0.25) is 0 Å². The highest BCUT2D eigenvalue weighted by atomic mass is 35.5. The van der Waals surface area contributed by atoms with Gasteiger partial charge in [0.25, 0.3) is 5.91 Å². The highest BCUT2D eigenvalue weighted by Crippen LogP contribution is 2.25. The average molecular weight is 314 g/mol. The number of aryl methyl sites for hydroxylation is 1. The second-order valence-electron chi connectivity index (χ2n) is 6.10. The van der Waals surface area contributed by atoms with Gasteiger partial charge in [0.2, 0.25) is 0 Å². The van der Waals surface area contributed by atoms with Gasteiger partial charge >= 0.3 is 0 Å². The zero-order valence-corrected chi connectivity index (χ0v) is 14.6. The fourth-order valence-corrected chi connectivity index (χ4v) is 3.49. The van der Waals surface area contributed by atoms with Crippen LogP contribution in [0.4, 0.5) is 0 Å². The van der Waals surface area contributed by atoms with Gasteiger partial charge in [0, 0.05) is 36.6 Å². The van der Waals surface area contributed by atoms with E-state index in [0.717, 1.165) is 37.2 Å². The van der Waals surface area contributed by atoms with Crippen LogP contribution in [0.3, 0.4) is 0 Å². The van der Waals surface area contributed by atoms with Crippen molar-refractivity contribution in [3.05, 3.63) is 23.0 Å². The Morgan fingerprint density at radius 3 is 2.62 bits per heavy atom. The molecule has 1 fully saturated rings. The molecule has 0 aromatic carbocycles. The summed E-state index contributed by atoms with van der Waals surface area (Å²) >= 11 is 0. The Labute approximate surface area is 134 Å². The summed E-state index contributed by atoms with van der Waals surface area (Å²) in [6.45, 7) is 10.2. The van der Waals surface area contributed by atoms with Crippen LogP contribution in [0.5, 0.6) is 0 Å². The number of hydrogen-bond acceptors (Lipinski definition) is 2. The number of halogens is 1. The molecule has 0 radical (unpaired) electrons. The minimum Gasteiger partial charge on any atom is -0.346 e. The Kier molecular flexibility index (Phi) is 6.29. The highest BCUT2D eigenvalue weighted by Gasteiger charge is 2.30. The Morgan fingerprint density at radius 1 is 1.43 bits per heavy atom. The Bertz CT molecular complexity index is 496. The van der Waals surface area contributed by atoms with Crippen LogP contribution < -0.4 is 5.32 Å². The number of aromatic nitrogens is 1. The van der Waals surface area contributed by atoms with Gasteiger partial charge in [-0.3, -0.25) is 4.79 Å². The van der Waals surface area contributed by atoms with E-state index in [2.05, 4.69) is 37.6 Å². The first kappa shape index (κ1) is 18.1. The van der Waals surface area contributed by atoms with Crippen molar-refractivity contribution in [3.8, 4) is 0 Å². The highest BCUT2D eigenvalue weighted by molar-refractivity contribution is 5.96. The third-order valence-electron chi connectivity index (χ3n) is 4.31. The summed E-state index contributed by atoms with van der Waals surface area (Å²) in [5.41, 5.74) is 3.14. The normalized spacial score (nSPS) is 18.2. The minimum atomic E-state index is 0. The minimum absolute atomic E-state index is 0. The van der Waals surface area contributed by atoms with Crippen LogP contribution in [0.15, 0.2) is 6.07 Å². The summed E-state index contributed by atoms with van der Waals surface area (Å²) in [4.78, 5) is 14.9. The number of carbonyl (C=O) groups excluding carboxylic acids is 1. The average Bonchev–Trinajstić information content (AvgIpc) is 2.94. The van der Waals surface area contributed by atoms with Gasteiger partial charge in [-0.1, -0.05) is 0 Å². The molecule has 5 heteroatoms. The lowest BCUT2D eigenvalue weighted by molar-refractivity contribution is 0.0736. The molecule has 1 saturated heterocycles. The van der Waals surface area contributed by atoms with Gasteiger partial charge in [0.15, 0.2) is 0 Å². The van der Waals surface area contributed by atoms with Gasteiger partial charge in [-0.25, -0.2) is 0 Å². The molecular weight excluding hydrogens is 286 g/mol. The molecule has 2 heterocycles. The molecule has 1 amide bonds. The molecule has 120 valence electrons. The molecule has 0 bridgehead atoms. The Morgan fingerprint density at radius 2 is 2.10 bits per heavy atom. The smallest absolute Gasteiger partial charge is 0.255 e. The number of hydrogen-bond donors (Lipinski definition) is 1. The van der Waals surface area contributed by atoms with E-state index in [1.54, 1.807) is 0 Å². The van der Waals surface area contributed by atoms with Crippen molar-refractivity contribution >= 4 is 18.3 Å². The molecule has 1 aromatic heterocycles. The predicted molar refractivity (Wildman–Crippen MR) is 89.5 cm³/mol. The van der Waals surface area contributed by atoms with Crippen LogP contribution in [0.1, 0.15) is 54.5 Å².